The van der Waals surface area contributed by atoms with E-state index in [4.69, 9.17) is 15.2 Å². The summed E-state index contributed by atoms with van der Waals surface area (Å²) in [6, 6.07) is 0. The van der Waals surface area contributed by atoms with Gasteiger partial charge in [0.05, 0.1) is 13.2 Å². The van der Waals surface area contributed by atoms with Crippen molar-refractivity contribution >= 4 is 16.1 Å². The number of rotatable bonds is 20. The zero-order chi connectivity index (χ0) is 21.1. The molecule has 1 unspecified atom stereocenters. The molecule has 0 aromatic rings. The van der Waals surface area contributed by atoms with Crippen LogP contribution >= 0.6 is 0 Å². The maximum absolute atomic E-state index is 11.9. The van der Waals surface area contributed by atoms with Gasteiger partial charge in [-0.3, -0.25) is 9.35 Å². The van der Waals surface area contributed by atoms with E-state index in [-0.39, 0.29) is 19.6 Å². The lowest BCUT2D eigenvalue weighted by Gasteiger charge is -2.13. The average Bonchev–Trinajstić information content (AvgIpc) is 2.64. The summed E-state index contributed by atoms with van der Waals surface area (Å²) in [5.41, 5.74) is 5.27. The molecule has 3 N–H and O–H groups in total. The van der Waals surface area contributed by atoms with Crippen LogP contribution in [0.2, 0.25) is 0 Å². The minimum atomic E-state index is -4.46. The van der Waals surface area contributed by atoms with Crippen LogP contribution in [0.15, 0.2) is 0 Å². The third kappa shape index (κ3) is 16.3. The van der Waals surface area contributed by atoms with E-state index in [1.165, 1.54) is 51.4 Å². The molecule has 1 atom stereocenters. The quantitative estimate of drug-likeness (QED) is 0.173. The zero-order valence-electron chi connectivity index (χ0n) is 17.6. The van der Waals surface area contributed by atoms with Gasteiger partial charge in [-0.1, -0.05) is 84.0 Å². The van der Waals surface area contributed by atoms with Gasteiger partial charge < -0.3 is 15.2 Å². The van der Waals surface area contributed by atoms with Crippen molar-refractivity contribution in [2.24, 2.45) is 5.73 Å². The van der Waals surface area contributed by atoms with Gasteiger partial charge in [0.25, 0.3) is 10.1 Å². The highest BCUT2D eigenvalue weighted by Gasteiger charge is 2.31. The van der Waals surface area contributed by atoms with E-state index in [0.29, 0.717) is 19.6 Å². The number of esters is 1. The molecule has 7 nitrogen and oxygen atoms in total. The molecule has 0 bridgehead atoms. The Hall–Kier alpha value is -0.700. The topological polar surface area (TPSA) is 116 Å². The molecule has 0 aliphatic rings. The van der Waals surface area contributed by atoms with Crippen LogP contribution in [0.3, 0.4) is 0 Å². The molecule has 168 valence electrons. The van der Waals surface area contributed by atoms with Gasteiger partial charge in [0.15, 0.2) is 5.25 Å². The first-order chi connectivity index (χ1) is 13.4. The predicted octanol–water partition coefficient (Wildman–Crippen LogP) is 3.85. The molecule has 0 saturated carbocycles. The van der Waals surface area contributed by atoms with Crippen molar-refractivity contribution in [2.75, 3.05) is 26.4 Å². The van der Waals surface area contributed by atoms with Crippen LogP contribution in [0.1, 0.15) is 90.4 Å². The highest BCUT2D eigenvalue weighted by molar-refractivity contribution is 7.87. The standard InChI is InChI=1S/C20H41NO6S/c1-2-3-4-5-6-7-8-9-10-11-12-13-14-19(28(23,24)25)20(22)27-18-17-26-16-15-21/h19H,2-18,21H2,1H3,(H,23,24,25). The molecule has 0 saturated heterocycles. The molecule has 0 aromatic heterocycles. The normalized spacial score (nSPS) is 12.8. The summed E-state index contributed by atoms with van der Waals surface area (Å²) >= 11 is 0. The van der Waals surface area contributed by atoms with Crippen LogP contribution in [0, 0.1) is 0 Å². The summed E-state index contributed by atoms with van der Waals surface area (Å²) in [5, 5.41) is -1.51. The molecule has 0 amide bonds. The first-order valence-electron chi connectivity index (χ1n) is 10.8. The zero-order valence-corrected chi connectivity index (χ0v) is 18.4. The fraction of sp³-hybridized carbons (Fsp3) is 0.950. The highest BCUT2D eigenvalue weighted by Crippen LogP contribution is 2.15. The van der Waals surface area contributed by atoms with Crippen molar-refractivity contribution in [3.05, 3.63) is 0 Å². The molecular formula is C20H41NO6S. The summed E-state index contributed by atoms with van der Waals surface area (Å²) < 4.78 is 42.1. The number of unbranched alkanes of at least 4 members (excludes halogenated alkanes) is 11. The highest BCUT2D eigenvalue weighted by atomic mass is 32.2. The lowest BCUT2D eigenvalue weighted by molar-refractivity contribution is -0.144. The molecule has 8 heteroatoms. The van der Waals surface area contributed by atoms with Gasteiger partial charge in [-0.05, 0) is 6.42 Å². The second kappa shape index (κ2) is 18.3. The largest absolute Gasteiger partial charge is 0.462 e. The Kier molecular flexibility index (Phi) is 17.9. The number of hydrogen-bond acceptors (Lipinski definition) is 6. The van der Waals surface area contributed by atoms with Crippen LogP contribution in [0.4, 0.5) is 0 Å². The van der Waals surface area contributed by atoms with Crippen LogP contribution in [-0.4, -0.2) is 50.6 Å². The Morgan fingerprint density at radius 3 is 1.82 bits per heavy atom. The maximum Gasteiger partial charge on any atom is 0.326 e. The number of ether oxygens (including phenoxy) is 2. The molecule has 0 aromatic carbocycles. The van der Waals surface area contributed by atoms with Crippen LogP contribution in [0.25, 0.3) is 0 Å². The van der Waals surface area contributed by atoms with Crippen molar-refractivity contribution in [1.29, 1.82) is 0 Å². The Morgan fingerprint density at radius 1 is 0.857 bits per heavy atom. The number of carbonyl (C=O) groups is 1. The average molecular weight is 424 g/mol. The monoisotopic (exact) mass is 423 g/mol. The Labute approximate surface area is 171 Å². The molecule has 0 spiro atoms. The van der Waals surface area contributed by atoms with E-state index in [1.54, 1.807) is 0 Å². The lowest BCUT2D eigenvalue weighted by atomic mass is 10.0. The van der Waals surface area contributed by atoms with Crippen LogP contribution in [-0.2, 0) is 24.4 Å². The number of carbonyl (C=O) groups excluding carboxylic acids is 1. The van der Waals surface area contributed by atoms with Crippen molar-refractivity contribution in [3.8, 4) is 0 Å². The molecule has 0 aliphatic carbocycles. The van der Waals surface area contributed by atoms with E-state index in [2.05, 4.69) is 6.92 Å². The molecule has 0 radical (unpaired) electrons. The summed E-state index contributed by atoms with van der Waals surface area (Å²) in [7, 11) is -4.46. The molecular weight excluding hydrogens is 382 g/mol. The summed E-state index contributed by atoms with van der Waals surface area (Å²) in [6.07, 6.45) is 14.0. The molecule has 0 rings (SSSR count). The van der Waals surface area contributed by atoms with Gasteiger partial charge in [0, 0.05) is 6.54 Å². The van der Waals surface area contributed by atoms with Crippen LogP contribution < -0.4 is 5.73 Å². The lowest BCUT2D eigenvalue weighted by Crippen LogP contribution is -2.32. The second-order valence-electron chi connectivity index (χ2n) is 7.25. The Morgan fingerprint density at radius 2 is 1.36 bits per heavy atom. The van der Waals surface area contributed by atoms with Gasteiger partial charge in [-0.2, -0.15) is 8.42 Å². The first-order valence-corrected chi connectivity index (χ1v) is 12.3. The number of nitrogens with two attached hydrogens (primary N) is 1. The van der Waals surface area contributed by atoms with Gasteiger partial charge in [0.2, 0.25) is 0 Å². The fourth-order valence-corrected chi connectivity index (χ4v) is 3.81. The summed E-state index contributed by atoms with van der Waals surface area (Å²) in [5.74, 6) is -0.915. The molecule has 0 heterocycles. The fourth-order valence-electron chi connectivity index (χ4n) is 3.04. The smallest absolute Gasteiger partial charge is 0.326 e. The second-order valence-corrected chi connectivity index (χ2v) is 8.85. The van der Waals surface area contributed by atoms with E-state index >= 15 is 0 Å². The SMILES string of the molecule is CCCCCCCCCCCCCCC(C(=O)OCCOCCN)S(=O)(=O)O. The van der Waals surface area contributed by atoms with Crippen molar-refractivity contribution in [1.82, 2.24) is 0 Å². The van der Waals surface area contributed by atoms with E-state index < -0.39 is 21.3 Å². The third-order valence-corrected chi connectivity index (χ3v) is 5.82. The van der Waals surface area contributed by atoms with Crippen molar-refractivity contribution in [2.45, 2.75) is 95.6 Å². The summed E-state index contributed by atoms with van der Waals surface area (Å²) in [4.78, 5) is 11.9. The Balaban J connectivity index is 3.80. The van der Waals surface area contributed by atoms with Gasteiger partial charge in [-0.25, -0.2) is 0 Å². The molecule has 0 aliphatic heterocycles. The minimum Gasteiger partial charge on any atom is -0.462 e. The van der Waals surface area contributed by atoms with Crippen molar-refractivity contribution < 1.29 is 27.2 Å². The molecule has 0 fully saturated rings. The first kappa shape index (κ1) is 27.3. The Bertz CT molecular complexity index is 469. The predicted molar refractivity (Wildman–Crippen MR) is 112 cm³/mol. The summed E-state index contributed by atoms with van der Waals surface area (Å²) in [6.45, 7) is 3.03. The van der Waals surface area contributed by atoms with Gasteiger partial charge in [0.1, 0.15) is 6.61 Å². The van der Waals surface area contributed by atoms with Gasteiger partial charge >= 0.3 is 5.97 Å². The van der Waals surface area contributed by atoms with Crippen molar-refractivity contribution in [3.63, 3.8) is 0 Å². The van der Waals surface area contributed by atoms with Crippen LogP contribution in [0.5, 0.6) is 0 Å². The number of hydrogen-bond donors (Lipinski definition) is 2. The van der Waals surface area contributed by atoms with Gasteiger partial charge in [-0.15, -0.1) is 0 Å². The van der Waals surface area contributed by atoms with E-state index in [0.717, 1.165) is 19.3 Å². The molecule has 28 heavy (non-hydrogen) atoms. The maximum atomic E-state index is 11.9. The van der Waals surface area contributed by atoms with E-state index in [9.17, 15) is 17.8 Å². The van der Waals surface area contributed by atoms with E-state index in [1.807, 2.05) is 0 Å². The third-order valence-electron chi connectivity index (χ3n) is 4.68. The minimum absolute atomic E-state index is 0.0523.